The minimum Gasteiger partial charge on any atom is -0.491 e. The summed E-state index contributed by atoms with van der Waals surface area (Å²) >= 11 is 0. The molecule has 0 saturated heterocycles. The van der Waals surface area contributed by atoms with E-state index in [2.05, 4.69) is 88.2 Å². The van der Waals surface area contributed by atoms with Crippen molar-refractivity contribution in [2.75, 3.05) is 68.1 Å². The summed E-state index contributed by atoms with van der Waals surface area (Å²) in [6.07, 6.45) is 0. The van der Waals surface area contributed by atoms with Gasteiger partial charge >= 0.3 is 0 Å². The fraction of sp³-hybridized carbons (Fsp3) is 0.556. The quantitative estimate of drug-likeness (QED) is 0.275. The Morgan fingerprint density at radius 2 is 1.06 bits per heavy atom. The van der Waals surface area contributed by atoms with Crippen LogP contribution < -0.4 is 20.9 Å². The molecule has 2 aromatic carbocycles. The van der Waals surface area contributed by atoms with Gasteiger partial charge < -0.3 is 40.2 Å². The van der Waals surface area contributed by atoms with Crippen molar-refractivity contribution in [1.82, 2.24) is 9.80 Å². The van der Waals surface area contributed by atoms with Crippen molar-refractivity contribution >= 4 is 0 Å². The lowest BCUT2D eigenvalue weighted by molar-refractivity contribution is 0.104. The topological polar surface area (TPSA) is 95.4 Å². The molecule has 0 heterocycles. The molecule has 35 heavy (non-hydrogen) atoms. The second-order valence-corrected chi connectivity index (χ2v) is 9.59. The summed E-state index contributed by atoms with van der Waals surface area (Å²) in [5.41, 5.74) is 15.3. The number of hydrogen-bond donors (Lipinski definition) is 2. The zero-order valence-electron chi connectivity index (χ0n) is 22.3. The van der Waals surface area contributed by atoms with E-state index < -0.39 is 0 Å². The van der Waals surface area contributed by atoms with Crippen molar-refractivity contribution in [2.45, 2.75) is 32.4 Å². The summed E-state index contributed by atoms with van der Waals surface area (Å²) < 4.78 is 22.4. The fourth-order valence-corrected chi connectivity index (χ4v) is 3.90. The van der Waals surface area contributed by atoms with Crippen LogP contribution in [0.2, 0.25) is 0 Å². The van der Waals surface area contributed by atoms with E-state index in [1.807, 2.05) is 0 Å². The first-order valence-electron chi connectivity index (χ1n) is 12.1. The molecule has 0 atom stereocenters. The standard InChI is InChI=1S/C27H44N4O4/c1-27(2,23-7-9-25(34-13-11-32-19-28)21(15-23)17-30(3)4)24-8-10-26(35-14-12-33-20-29)22(16-24)18-31(5)6/h7-10,15-16H,11-14,17-20,28-29H2,1-6H3. The minimum atomic E-state index is -0.218. The first-order chi connectivity index (χ1) is 16.7. The summed E-state index contributed by atoms with van der Waals surface area (Å²) in [5, 5.41) is 0. The molecule has 196 valence electrons. The number of rotatable bonds is 16. The van der Waals surface area contributed by atoms with Crippen LogP contribution in [-0.4, -0.2) is 77.9 Å². The molecule has 0 amide bonds. The molecule has 2 rings (SSSR count). The van der Waals surface area contributed by atoms with Crippen molar-refractivity contribution in [3.63, 3.8) is 0 Å². The van der Waals surface area contributed by atoms with Gasteiger partial charge in [0, 0.05) is 29.6 Å². The van der Waals surface area contributed by atoms with Crippen LogP contribution >= 0.6 is 0 Å². The number of benzene rings is 2. The first-order valence-corrected chi connectivity index (χ1v) is 12.1. The molecular formula is C27H44N4O4. The molecule has 0 aliphatic rings. The number of hydrogen-bond acceptors (Lipinski definition) is 8. The zero-order chi connectivity index (χ0) is 25.8. The Bertz CT molecular complexity index is 831. The van der Waals surface area contributed by atoms with Gasteiger partial charge in [0.05, 0.1) is 26.7 Å². The highest BCUT2D eigenvalue weighted by molar-refractivity contribution is 5.47. The molecule has 0 radical (unpaired) electrons. The van der Waals surface area contributed by atoms with Gasteiger partial charge in [-0.1, -0.05) is 26.0 Å². The third-order valence-corrected chi connectivity index (χ3v) is 5.74. The summed E-state index contributed by atoms with van der Waals surface area (Å²) in [4.78, 5) is 4.29. The van der Waals surface area contributed by atoms with Crippen LogP contribution in [0.3, 0.4) is 0 Å². The number of nitrogens with zero attached hydrogens (tertiary/aromatic N) is 2. The van der Waals surface area contributed by atoms with E-state index in [0.29, 0.717) is 26.4 Å². The van der Waals surface area contributed by atoms with Crippen LogP contribution in [0.1, 0.15) is 36.1 Å². The van der Waals surface area contributed by atoms with Crippen LogP contribution in [0.25, 0.3) is 0 Å². The van der Waals surface area contributed by atoms with Gasteiger partial charge in [-0.3, -0.25) is 0 Å². The molecule has 2 aromatic rings. The maximum atomic E-state index is 6.00. The molecule has 8 nitrogen and oxygen atoms in total. The van der Waals surface area contributed by atoms with Gasteiger partial charge in [0.2, 0.25) is 0 Å². The van der Waals surface area contributed by atoms with E-state index in [0.717, 1.165) is 35.7 Å². The molecule has 0 spiro atoms. The highest BCUT2D eigenvalue weighted by Crippen LogP contribution is 2.36. The Hall–Kier alpha value is -2.20. The van der Waals surface area contributed by atoms with Crippen molar-refractivity contribution in [3.05, 3.63) is 58.7 Å². The molecule has 0 aliphatic carbocycles. The first kappa shape index (κ1) is 29.0. The zero-order valence-corrected chi connectivity index (χ0v) is 22.3. The highest BCUT2D eigenvalue weighted by atomic mass is 16.5. The van der Waals surface area contributed by atoms with E-state index in [4.69, 9.17) is 30.4 Å². The Morgan fingerprint density at radius 1 is 0.657 bits per heavy atom. The number of ether oxygens (including phenoxy) is 4. The molecule has 4 N–H and O–H groups in total. The fourth-order valence-electron chi connectivity index (χ4n) is 3.90. The second kappa shape index (κ2) is 14.4. The van der Waals surface area contributed by atoms with Crippen molar-refractivity contribution in [1.29, 1.82) is 0 Å². The van der Waals surface area contributed by atoms with Gasteiger partial charge in [0.1, 0.15) is 24.7 Å². The predicted molar refractivity (Wildman–Crippen MR) is 141 cm³/mol. The molecule has 8 heteroatoms. The van der Waals surface area contributed by atoms with Crippen LogP contribution in [0, 0.1) is 0 Å². The third kappa shape index (κ3) is 9.07. The van der Waals surface area contributed by atoms with E-state index in [1.54, 1.807) is 0 Å². The summed E-state index contributed by atoms with van der Waals surface area (Å²) in [6.45, 7) is 8.31. The van der Waals surface area contributed by atoms with Gasteiger partial charge in [0.25, 0.3) is 0 Å². The van der Waals surface area contributed by atoms with E-state index >= 15 is 0 Å². The highest BCUT2D eigenvalue weighted by Gasteiger charge is 2.26. The maximum Gasteiger partial charge on any atom is 0.123 e. The van der Waals surface area contributed by atoms with Crippen molar-refractivity contribution in [2.24, 2.45) is 11.5 Å². The van der Waals surface area contributed by atoms with Crippen LogP contribution in [0.15, 0.2) is 36.4 Å². The lowest BCUT2D eigenvalue weighted by atomic mass is 9.77. The summed E-state index contributed by atoms with van der Waals surface area (Å²) in [5.74, 6) is 1.74. The molecule has 0 fully saturated rings. The summed E-state index contributed by atoms with van der Waals surface area (Å²) in [7, 11) is 8.24. The molecule has 0 unspecified atom stereocenters. The Morgan fingerprint density at radius 3 is 1.40 bits per heavy atom. The van der Waals surface area contributed by atoms with Gasteiger partial charge in [-0.25, -0.2) is 0 Å². The lowest BCUT2D eigenvalue weighted by Crippen LogP contribution is -2.22. The normalized spacial score (nSPS) is 11.9. The Labute approximate surface area is 211 Å². The predicted octanol–water partition coefficient (Wildman–Crippen LogP) is 2.76. The molecule has 0 saturated carbocycles. The lowest BCUT2D eigenvalue weighted by Gasteiger charge is -2.29. The van der Waals surface area contributed by atoms with E-state index in [-0.39, 0.29) is 18.9 Å². The molecule has 0 aliphatic heterocycles. The Balaban J connectivity index is 2.34. The second-order valence-electron chi connectivity index (χ2n) is 9.59. The third-order valence-electron chi connectivity index (χ3n) is 5.74. The molecular weight excluding hydrogens is 444 g/mol. The largest absolute Gasteiger partial charge is 0.491 e. The van der Waals surface area contributed by atoms with Crippen LogP contribution in [0.5, 0.6) is 11.5 Å². The monoisotopic (exact) mass is 488 g/mol. The summed E-state index contributed by atoms with van der Waals surface area (Å²) in [6, 6.07) is 12.9. The van der Waals surface area contributed by atoms with Crippen LogP contribution in [0.4, 0.5) is 0 Å². The van der Waals surface area contributed by atoms with Gasteiger partial charge in [0.15, 0.2) is 0 Å². The molecule has 0 aromatic heterocycles. The average molecular weight is 489 g/mol. The number of nitrogens with two attached hydrogens (primary N) is 2. The maximum absolute atomic E-state index is 6.00. The van der Waals surface area contributed by atoms with Gasteiger partial charge in [-0.15, -0.1) is 0 Å². The Kier molecular flexibility index (Phi) is 11.9. The van der Waals surface area contributed by atoms with Crippen molar-refractivity contribution in [3.8, 4) is 11.5 Å². The van der Waals surface area contributed by atoms with E-state index in [9.17, 15) is 0 Å². The van der Waals surface area contributed by atoms with Crippen LogP contribution in [-0.2, 0) is 28.0 Å². The van der Waals surface area contributed by atoms with Crippen molar-refractivity contribution < 1.29 is 18.9 Å². The van der Waals surface area contributed by atoms with Gasteiger partial charge in [-0.05, 0) is 63.6 Å². The van der Waals surface area contributed by atoms with Gasteiger partial charge in [-0.2, -0.15) is 0 Å². The SMILES string of the molecule is CN(C)Cc1cc(C(C)(C)c2ccc(OCCOCN)c(CN(C)C)c2)ccc1OCCOCN. The average Bonchev–Trinajstić information content (AvgIpc) is 2.80. The van der Waals surface area contributed by atoms with E-state index in [1.165, 1.54) is 11.1 Å². The minimum absolute atomic E-state index is 0.197. The smallest absolute Gasteiger partial charge is 0.123 e. The molecule has 0 bridgehead atoms.